The van der Waals surface area contributed by atoms with Crippen LogP contribution in [0.2, 0.25) is 0 Å². The summed E-state index contributed by atoms with van der Waals surface area (Å²) in [6.45, 7) is 14.9. The van der Waals surface area contributed by atoms with E-state index >= 15 is 0 Å². The summed E-state index contributed by atoms with van der Waals surface area (Å²) in [6, 6.07) is 0. The molecule has 1 heterocycles. The van der Waals surface area contributed by atoms with Crippen LogP contribution in [0, 0.1) is 0 Å². The molecule has 0 saturated heterocycles. The zero-order valence-electron chi connectivity index (χ0n) is 15.3. The number of rotatable bonds is 3. The Kier molecular flexibility index (Phi) is 38.5. The Labute approximate surface area is 150 Å². The van der Waals surface area contributed by atoms with Gasteiger partial charge >= 0.3 is 0 Å². The summed E-state index contributed by atoms with van der Waals surface area (Å²) in [5.74, 6) is -0.318. The second kappa shape index (κ2) is 28.0. The van der Waals surface area contributed by atoms with Gasteiger partial charge in [-0.15, -0.1) is 0 Å². The van der Waals surface area contributed by atoms with E-state index in [1.54, 1.807) is 6.92 Å². The quantitative estimate of drug-likeness (QED) is 0.322. The van der Waals surface area contributed by atoms with Crippen LogP contribution < -0.4 is 5.32 Å². The Morgan fingerprint density at radius 2 is 1.19 bits per heavy atom. The average molecular weight is 404 g/mol. The largest absolute Gasteiger partial charge is 0.332 e. The van der Waals surface area contributed by atoms with E-state index in [1.165, 1.54) is 50.8 Å². The number of hydrogen-bond acceptors (Lipinski definition) is 1. The second-order valence-corrected chi connectivity index (χ2v) is 4.61. The van der Waals surface area contributed by atoms with Gasteiger partial charge in [0.15, 0.2) is 5.95 Å². The van der Waals surface area contributed by atoms with Gasteiger partial charge in [0.05, 0.1) is 0 Å². The number of hydrogen-bond donors (Lipinski definition) is 1. The fraction of sp³-hybridized carbons (Fsp3) is 0.722. The molecule has 0 aromatic heterocycles. The van der Waals surface area contributed by atoms with Gasteiger partial charge in [-0.1, -0.05) is 85.8 Å². The molecule has 21 heavy (non-hydrogen) atoms. The van der Waals surface area contributed by atoms with E-state index in [4.69, 9.17) is 0 Å². The third kappa shape index (κ3) is 38.3. The summed E-state index contributed by atoms with van der Waals surface area (Å²) in [5, 5.41) is 2.35. The standard InChI is InChI=1S/C6H6FN.3C4H10.Sn/c1-5-2-3-8-6(7)4-5;3*1-3-4-2;/h3-4,8H,1H3;3*3-4H2,1-2H3;. The van der Waals surface area contributed by atoms with E-state index in [0.717, 1.165) is 5.57 Å². The van der Waals surface area contributed by atoms with Crippen molar-refractivity contribution in [2.45, 2.75) is 87.0 Å². The van der Waals surface area contributed by atoms with Gasteiger partial charge in [-0.2, -0.15) is 4.39 Å². The van der Waals surface area contributed by atoms with Crippen molar-refractivity contribution in [3.63, 3.8) is 0 Å². The number of halogens is 1. The molecule has 1 N–H and O–H groups in total. The fourth-order valence-corrected chi connectivity index (χ4v) is 0.492. The number of allylic oxidation sites excluding steroid dienone is 2. The molecule has 4 radical (unpaired) electrons. The minimum Gasteiger partial charge on any atom is -0.332 e. The second-order valence-electron chi connectivity index (χ2n) is 4.61. The molecule has 0 spiro atoms. The van der Waals surface area contributed by atoms with Crippen LogP contribution in [0.15, 0.2) is 29.5 Å². The van der Waals surface area contributed by atoms with Gasteiger partial charge in [-0.3, -0.25) is 0 Å². The minimum absolute atomic E-state index is 0. The van der Waals surface area contributed by atoms with Gasteiger partial charge in [0.2, 0.25) is 0 Å². The Hall–Kier alpha value is -0.211. The summed E-state index contributed by atoms with van der Waals surface area (Å²) >= 11 is 0. The molecule has 0 aromatic carbocycles. The van der Waals surface area contributed by atoms with Gasteiger partial charge in [-0.25, -0.2) is 0 Å². The summed E-state index contributed by atoms with van der Waals surface area (Å²) in [4.78, 5) is 0. The maximum Gasteiger partial charge on any atom is 0.192 e. The molecule has 0 aliphatic carbocycles. The van der Waals surface area contributed by atoms with Crippen molar-refractivity contribution in [1.29, 1.82) is 0 Å². The fourth-order valence-electron chi connectivity index (χ4n) is 0.492. The van der Waals surface area contributed by atoms with Crippen LogP contribution in [0.5, 0.6) is 0 Å². The van der Waals surface area contributed by atoms with Crippen molar-refractivity contribution in [2.24, 2.45) is 0 Å². The third-order valence-electron chi connectivity index (χ3n) is 2.35. The van der Waals surface area contributed by atoms with Gasteiger partial charge < -0.3 is 5.32 Å². The molecule has 0 saturated carbocycles. The van der Waals surface area contributed by atoms with E-state index in [0.29, 0.717) is 0 Å². The van der Waals surface area contributed by atoms with E-state index in [-0.39, 0.29) is 29.9 Å². The first-order valence-corrected chi connectivity index (χ1v) is 8.09. The Morgan fingerprint density at radius 1 is 0.857 bits per heavy atom. The number of nitrogens with one attached hydrogen (secondary N) is 1. The monoisotopic (exact) mass is 405 g/mol. The maximum absolute atomic E-state index is 12.1. The van der Waals surface area contributed by atoms with Crippen LogP contribution >= 0.6 is 0 Å². The molecule has 0 fully saturated rings. The van der Waals surface area contributed by atoms with E-state index in [1.807, 2.05) is 0 Å². The normalized spacial score (nSPS) is 10.7. The molecule has 1 aliphatic heterocycles. The maximum atomic E-state index is 12.1. The summed E-state index contributed by atoms with van der Waals surface area (Å²) < 4.78 is 12.1. The Bertz CT molecular complexity index is 251. The molecule has 3 heteroatoms. The van der Waals surface area contributed by atoms with Gasteiger partial charge in [0, 0.05) is 36.2 Å². The molecule has 0 unspecified atom stereocenters. The topological polar surface area (TPSA) is 12.0 Å². The van der Waals surface area contributed by atoms with Gasteiger partial charge in [-0.05, 0) is 12.5 Å². The smallest absolute Gasteiger partial charge is 0.192 e. The van der Waals surface area contributed by atoms with Crippen LogP contribution in [-0.2, 0) is 0 Å². The predicted octanol–water partition coefficient (Wildman–Crippen LogP) is 6.50. The van der Waals surface area contributed by atoms with Crippen LogP contribution in [0.1, 0.15) is 87.0 Å². The van der Waals surface area contributed by atoms with Crippen LogP contribution in [0.25, 0.3) is 0 Å². The van der Waals surface area contributed by atoms with Gasteiger partial charge in [0.25, 0.3) is 0 Å². The van der Waals surface area contributed by atoms with Crippen molar-refractivity contribution < 1.29 is 4.39 Å². The van der Waals surface area contributed by atoms with Crippen molar-refractivity contribution in [2.75, 3.05) is 0 Å². The minimum atomic E-state index is -0.318. The van der Waals surface area contributed by atoms with Crippen LogP contribution in [0.4, 0.5) is 4.39 Å². The van der Waals surface area contributed by atoms with Gasteiger partial charge in [0.1, 0.15) is 0 Å². The molecule has 1 aliphatic rings. The van der Waals surface area contributed by atoms with Crippen LogP contribution in [0.3, 0.4) is 0 Å². The molecule has 124 valence electrons. The molecule has 1 rings (SSSR count). The summed E-state index contributed by atoms with van der Waals surface area (Å²) in [5.41, 5.74) is 3.58. The molecule has 0 atom stereocenters. The zero-order valence-corrected chi connectivity index (χ0v) is 18.1. The van der Waals surface area contributed by atoms with E-state index < -0.39 is 0 Å². The molecular formula is C18H36FNSn. The van der Waals surface area contributed by atoms with Crippen molar-refractivity contribution in [3.05, 3.63) is 29.5 Å². The first-order chi connectivity index (χ1) is 9.53. The zero-order chi connectivity index (χ0) is 16.2. The third-order valence-corrected chi connectivity index (χ3v) is 2.35. The Morgan fingerprint density at radius 3 is 1.33 bits per heavy atom. The average Bonchev–Trinajstić information content (AvgIpc) is 2.47. The van der Waals surface area contributed by atoms with Crippen molar-refractivity contribution in [3.8, 4) is 0 Å². The van der Waals surface area contributed by atoms with Crippen molar-refractivity contribution in [1.82, 2.24) is 5.32 Å². The molecular weight excluding hydrogens is 368 g/mol. The number of unbranched alkanes of at least 4 members (excludes halogenated alkanes) is 3. The van der Waals surface area contributed by atoms with Crippen molar-refractivity contribution >= 4 is 23.9 Å². The summed E-state index contributed by atoms with van der Waals surface area (Å²) in [7, 11) is 0. The summed E-state index contributed by atoms with van der Waals surface area (Å²) in [6.07, 6.45) is 10.8. The first-order valence-electron chi connectivity index (χ1n) is 8.09. The van der Waals surface area contributed by atoms with Crippen LogP contribution in [-0.4, -0.2) is 23.9 Å². The molecule has 0 bridgehead atoms. The van der Waals surface area contributed by atoms with E-state index in [9.17, 15) is 4.39 Å². The molecule has 0 amide bonds. The first kappa shape index (κ1) is 28.9. The Balaban J connectivity index is -0.0000000973. The predicted molar refractivity (Wildman–Crippen MR) is 97.1 cm³/mol. The SMILES string of the molecule is CC1=C=CNC(F)=C1.CCCC.CCCC.CCCC.[Sn]. The molecule has 0 aromatic rings. The molecule has 1 nitrogen and oxygen atoms in total. The van der Waals surface area contributed by atoms with E-state index in [2.05, 4.69) is 52.6 Å².